The topological polar surface area (TPSA) is 93.3 Å². The van der Waals surface area contributed by atoms with Crippen LogP contribution in [0.3, 0.4) is 0 Å². The van der Waals surface area contributed by atoms with Crippen LogP contribution >= 0.6 is 24.8 Å². The second kappa shape index (κ2) is 12.5. The van der Waals surface area contributed by atoms with E-state index in [0.717, 1.165) is 5.56 Å². The van der Waals surface area contributed by atoms with Gasteiger partial charge in [-0.1, -0.05) is 38.1 Å². The van der Waals surface area contributed by atoms with Crippen LogP contribution in [0.5, 0.6) is 0 Å². The minimum absolute atomic E-state index is 0. The molecule has 2 atom stereocenters. The molecule has 29 heavy (non-hydrogen) atoms. The summed E-state index contributed by atoms with van der Waals surface area (Å²) in [5.41, 5.74) is 8.39. The molecule has 1 heterocycles. The van der Waals surface area contributed by atoms with Gasteiger partial charge < -0.3 is 16.0 Å². The third kappa shape index (κ3) is 7.68. The first-order chi connectivity index (χ1) is 12.8. The Bertz CT molecular complexity index is 751. The Kier molecular flexibility index (Phi) is 11.6. The number of nitrogens with two attached hydrogens (primary N) is 1. The van der Waals surface area contributed by atoms with Crippen molar-refractivity contribution in [2.75, 3.05) is 20.1 Å². The van der Waals surface area contributed by atoms with Crippen molar-refractivity contribution in [3.05, 3.63) is 53.9 Å². The maximum absolute atomic E-state index is 12.4. The summed E-state index contributed by atoms with van der Waals surface area (Å²) in [7, 11) is 1.60. The molecule has 0 aliphatic carbocycles. The molecule has 0 saturated carbocycles. The quantitative estimate of drug-likeness (QED) is 0.655. The van der Waals surface area contributed by atoms with E-state index in [1.807, 2.05) is 12.1 Å². The van der Waals surface area contributed by atoms with Crippen molar-refractivity contribution >= 4 is 36.6 Å². The summed E-state index contributed by atoms with van der Waals surface area (Å²) in [6.07, 6.45) is 3.34. The number of carbonyl (C=O) groups is 2. The summed E-state index contributed by atoms with van der Waals surface area (Å²) in [6.45, 7) is 6.32. The number of nitrogens with zero attached hydrogens (tertiary/aromatic N) is 3. The second-order valence-electron chi connectivity index (χ2n) is 7.09. The number of hydrogen-bond acceptors (Lipinski definition) is 4. The number of carbonyl (C=O) groups excluding carboxylic acids is 2. The number of benzene rings is 1. The van der Waals surface area contributed by atoms with Gasteiger partial charge in [0.1, 0.15) is 6.04 Å². The van der Waals surface area contributed by atoms with E-state index in [9.17, 15) is 9.59 Å². The van der Waals surface area contributed by atoms with Crippen LogP contribution in [-0.4, -0.2) is 46.6 Å². The number of halogens is 2. The van der Waals surface area contributed by atoms with E-state index in [-0.39, 0.29) is 49.2 Å². The standard InChI is InChI=1S/C20H29N5O2.2ClH/c1-14(2)16-6-8-17(9-7-16)18(21)12-22-19(26)13-24(4)20(27)15(3)25-11-5-10-23-25;;/h5-11,14-15,18H,12-13,21H2,1-4H3,(H,22,26);2*1H. The van der Waals surface area contributed by atoms with Crippen LogP contribution in [0.25, 0.3) is 0 Å². The first kappa shape index (κ1) is 26.9. The first-order valence-corrected chi connectivity index (χ1v) is 9.15. The molecule has 0 saturated heterocycles. The van der Waals surface area contributed by atoms with Crippen LogP contribution < -0.4 is 11.1 Å². The molecular formula is C20H31Cl2N5O2. The lowest BCUT2D eigenvalue weighted by Crippen LogP contribution is -2.42. The first-order valence-electron chi connectivity index (χ1n) is 9.15. The van der Waals surface area contributed by atoms with Crippen LogP contribution in [0, 0.1) is 0 Å². The number of hydrogen-bond donors (Lipinski definition) is 2. The third-order valence-corrected chi connectivity index (χ3v) is 4.59. The van der Waals surface area contributed by atoms with E-state index in [0.29, 0.717) is 12.5 Å². The summed E-state index contributed by atoms with van der Waals surface area (Å²) in [4.78, 5) is 25.9. The summed E-state index contributed by atoms with van der Waals surface area (Å²) in [5.74, 6) is 0.0439. The van der Waals surface area contributed by atoms with Crippen molar-refractivity contribution in [3.63, 3.8) is 0 Å². The highest BCUT2D eigenvalue weighted by Gasteiger charge is 2.21. The van der Waals surface area contributed by atoms with Crippen molar-refractivity contribution in [3.8, 4) is 0 Å². The Hall–Kier alpha value is -2.09. The molecule has 0 radical (unpaired) electrons. The molecule has 2 unspecified atom stereocenters. The molecule has 1 aromatic heterocycles. The molecule has 3 N–H and O–H groups in total. The smallest absolute Gasteiger partial charge is 0.247 e. The van der Waals surface area contributed by atoms with Gasteiger partial charge in [0.15, 0.2) is 0 Å². The van der Waals surface area contributed by atoms with Crippen LogP contribution in [0.1, 0.15) is 49.9 Å². The van der Waals surface area contributed by atoms with Crippen LogP contribution in [0.4, 0.5) is 0 Å². The highest BCUT2D eigenvalue weighted by atomic mass is 35.5. The molecule has 0 aliphatic rings. The van der Waals surface area contributed by atoms with E-state index in [1.165, 1.54) is 10.5 Å². The molecule has 1 aromatic carbocycles. The molecule has 7 nitrogen and oxygen atoms in total. The van der Waals surface area contributed by atoms with Crippen LogP contribution in [-0.2, 0) is 9.59 Å². The SMILES string of the molecule is CC(C)c1ccc(C(N)CNC(=O)CN(C)C(=O)C(C)n2cccn2)cc1.Cl.Cl. The van der Waals surface area contributed by atoms with Crippen molar-refractivity contribution < 1.29 is 9.59 Å². The lowest BCUT2D eigenvalue weighted by atomic mass is 9.99. The van der Waals surface area contributed by atoms with Gasteiger partial charge in [-0.15, -0.1) is 24.8 Å². The van der Waals surface area contributed by atoms with Gasteiger partial charge in [-0.2, -0.15) is 5.10 Å². The normalized spacial score (nSPS) is 12.3. The molecular weight excluding hydrogens is 413 g/mol. The van der Waals surface area contributed by atoms with Gasteiger partial charge in [0.05, 0.1) is 6.54 Å². The number of nitrogens with one attached hydrogen (secondary N) is 1. The number of aromatic nitrogens is 2. The van der Waals surface area contributed by atoms with Crippen molar-refractivity contribution in [2.24, 2.45) is 5.73 Å². The summed E-state index contributed by atoms with van der Waals surface area (Å²) < 4.78 is 1.56. The molecule has 162 valence electrons. The van der Waals surface area contributed by atoms with Crippen LogP contribution in [0.15, 0.2) is 42.7 Å². The minimum Gasteiger partial charge on any atom is -0.353 e. The fraction of sp³-hybridized carbons (Fsp3) is 0.450. The molecule has 2 amide bonds. The van der Waals surface area contributed by atoms with E-state index >= 15 is 0 Å². The average molecular weight is 444 g/mol. The highest BCUT2D eigenvalue weighted by Crippen LogP contribution is 2.17. The lowest BCUT2D eigenvalue weighted by molar-refractivity contribution is -0.137. The minimum atomic E-state index is -0.459. The van der Waals surface area contributed by atoms with Gasteiger partial charge in [-0.25, -0.2) is 0 Å². The summed E-state index contributed by atoms with van der Waals surface area (Å²) in [5, 5.41) is 6.86. The fourth-order valence-corrected chi connectivity index (χ4v) is 2.76. The number of rotatable bonds is 8. The molecule has 9 heteroatoms. The van der Waals surface area contributed by atoms with E-state index in [2.05, 4.69) is 36.4 Å². The zero-order valence-electron chi connectivity index (χ0n) is 17.2. The molecule has 2 aromatic rings. The van der Waals surface area contributed by atoms with Gasteiger partial charge >= 0.3 is 0 Å². The fourth-order valence-electron chi connectivity index (χ4n) is 2.76. The highest BCUT2D eigenvalue weighted by molar-refractivity contribution is 5.86. The van der Waals surface area contributed by atoms with E-state index in [1.54, 1.807) is 37.1 Å². The Balaban J connectivity index is 0.00000392. The third-order valence-electron chi connectivity index (χ3n) is 4.59. The van der Waals surface area contributed by atoms with Crippen molar-refractivity contribution in [1.82, 2.24) is 20.0 Å². The largest absolute Gasteiger partial charge is 0.353 e. The molecule has 0 spiro atoms. The Labute approximate surface area is 184 Å². The van der Waals surface area contributed by atoms with E-state index in [4.69, 9.17) is 5.73 Å². The summed E-state index contributed by atoms with van der Waals surface area (Å²) in [6, 6.07) is 9.11. The van der Waals surface area contributed by atoms with Gasteiger partial charge in [0.25, 0.3) is 0 Å². The summed E-state index contributed by atoms with van der Waals surface area (Å²) >= 11 is 0. The van der Waals surface area contributed by atoms with Crippen molar-refractivity contribution in [2.45, 2.75) is 38.8 Å². The van der Waals surface area contributed by atoms with E-state index < -0.39 is 6.04 Å². The predicted octanol–water partition coefficient (Wildman–Crippen LogP) is 2.69. The number of amides is 2. The Morgan fingerprint density at radius 2 is 1.72 bits per heavy atom. The van der Waals surface area contributed by atoms with Crippen LogP contribution in [0.2, 0.25) is 0 Å². The number of likely N-dealkylation sites (N-methyl/N-ethyl adjacent to an activating group) is 1. The molecule has 2 rings (SSSR count). The molecule has 0 bridgehead atoms. The van der Waals surface area contributed by atoms with Gasteiger partial charge in [0.2, 0.25) is 11.8 Å². The van der Waals surface area contributed by atoms with Gasteiger partial charge in [-0.3, -0.25) is 14.3 Å². The van der Waals surface area contributed by atoms with Crippen molar-refractivity contribution in [1.29, 1.82) is 0 Å². The maximum atomic E-state index is 12.4. The maximum Gasteiger partial charge on any atom is 0.247 e. The molecule has 0 aliphatic heterocycles. The second-order valence-corrected chi connectivity index (χ2v) is 7.09. The Morgan fingerprint density at radius 1 is 1.14 bits per heavy atom. The lowest BCUT2D eigenvalue weighted by Gasteiger charge is -2.22. The molecule has 0 fully saturated rings. The predicted molar refractivity (Wildman–Crippen MR) is 120 cm³/mol. The zero-order chi connectivity index (χ0) is 20.0. The zero-order valence-corrected chi connectivity index (χ0v) is 18.9. The van der Waals surface area contributed by atoms with Gasteiger partial charge in [0, 0.05) is 32.0 Å². The average Bonchev–Trinajstić information content (AvgIpc) is 3.19. The monoisotopic (exact) mass is 443 g/mol. The van der Waals surface area contributed by atoms with Gasteiger partial charge in [-0.05, 0) is 30.0 Å². The Morgan fingerprint density at radius 3 is 2.24 bits per heavy atom.